The molecule has 3 aromatic heterocycles. The molecule has 5 rings (SSSR count). The molecule has 1 aliphatic carbocycles. The SMILES string of the molecule is O=C(NCc1cccnc1)c1ccc(-c2cccc3nc(NC(=O)C4CC4)nn23)cc1. The first kappa shape index (κ1) is 18.9. The number of carbonyl (C=O) groups excluding carboxylic acids is 2. The van der Waals surface area contributed by atoms with Crippen molar-refractivity contribution in [3.8, 4) is 11.3 Å². The van der Waals surface area contributed by atoms with Crippen molar-refractivity contribution in [2.24, 2.45) is 5.92 Å². The van der Waals surface area contributed by atoms with Crippen LogP contribution in [0.2, 0.25) is 0 Å². The van der Waals surface area contributed by atoms with Gasteiger partial charge in [-0.25, -0.2) is 4.52 Å². The molecule has 1 saturated carbocycles. The molecule has 1 aromatic carbocycles. The first-order valence-electron chi connectivity index (χ1n) is 10.1. The summed E-state index contributed by atoms with van der Waals surface area (Å²) >= 11 is 0. The van der Waals surface area contributed by atoms with Crippen LogP contribution in [0.3, 0.4) is 0 Å². The monoisotopic (exact) mass is 412 g/mol. The number of rotatable bonds is 6. The largest absolute Gasteiger partial charge is 0.348 e. The third-order valence-corrected chi connectivity index (χ3v) is 5.16. The second-order valence-corrected chi connectivity index (χ2v) is 7.50. The summed E-state index contributed by atoms with van der Waals surface area (Å²) in [5, 5.41) is 10.1. The number of benzene rings is 1. The van der Waals surface area contributed by atoms with E-state index < -0.39 is 0 Å². The molecule has 2 N–H and O–H groups in total. The van der Waals surface area contributed by atoms with E-state index in [4.69, 9.17) is 0 Å². The highest BCUT2D eigenvalue weighted by Gasteiger charge is 2.30. The molecule has 0 radical (unpaired) electrons. The second-order valence-electron chi connectivity index (χ2n) is 7.50. The summed E-state index contributed by atoms with van der Waals surface area (Å²) in [5.41, 5.74) is 3.85. The molecule has 0 atom stereocenters. The van der Waals surface area contributed by atoms with Crippen molar-refractivity contribution in [1.29, 1.82) is 0 Å². The minimum atomic E-state index is -0.153. The lowest BCUT2D eigenvalue weighted by molar-refractivity contribution is -0.117. The molecule has 1 fully saturated rings. The van der Waals surface area contributed by atoms with E-state index in [1.54, 1.807) is 29.0 Å². The fourth-order valence-electron chi connectivity index (χ4n) is 3.31. The first-order valence-corrected chi connectivity index (χ1v) is 10.1. The topological polar surface area (TPSA) is 101 Å². The highest BCUT2D eigenvalue weighted by molar-refractivity contribution is 5.94. The molecule has 0 saturated heterocycles. The van der Waals surface area contributed by atoms with Crippen LogP contribution < -0.4 is 10.6 Å². The number of fused-ring (bicyclic) bond motifs is 1. The van der Waals surface area contributed by atoms with Crippen molar-refractivity contribution in [2.75, 3.05) is 5.32 Å². The maximum absolute atomic E-state index is 12.4. The van der Waals surface area contributed by atoms with Gasteiger partial charge in [-0.15, -0.1) is 5.10 Å². The molecule has 0 spiro atoms. The Bertz CT molecular complexity index is 1250. The van der Waals surface area contributed by atoms with Crippen LogP contribution >= 0.6 is 0 Å². The number of nitrogens with zero attached hydrogens (tertiary/aromatic N) is 4. The van der Waals surface area contributed by atoms with Crippen LogP contribution in [0.25, 0.3) is 16.9 Å². The molecule has 3 heterocycles. The van der Waals surface area contributed by atoms with Gasteiger partial charge in [0.25, 0.3) is 5.91 Å². The summed E-state index contributed by atoms with van der Waals surface area (Å²) in [6.07, 6.45) is 5.27. The molecular formula is C23H20N6O2. The number of nitrogens with one attached hydrogen (secondary N) is 2. The number of aromatic nitrogens is 4. The summed E-state index contributed by atoms with van der Waals surface area (Å²) in [6.45, 7) is 0.419. The summed E-state index contributed by atoms with van der Waals surface area (Å²) in [4.78, 5) is 32.9. The van der Waals surface area contributed by atoms with Crippen molar-refractivity contribution in [3.05, 3.63) is 78.1 Å². The molecule has 8 nitrogen and oxygen atoms in total. The molecular weight excluding hydrogens is 392 g/mol. The van der Waals surface area contributed by atoms with Gasteiger partial charge in [0, 0.05) is 36.0 Å². The quantitative estimate of drug-likeness (QED) is 0.507. The molecule has 0 bridgehead atoms. The lowest BCUT2D eigenvalue weighted by Gasteiger charge is -2.07. The predicted molar refractivity (Wildman–Crippen MR) is 115 cm³/mol. The standard InChI is InChI=1S/C23H20N6O2/c30-21(25-14-15-3-2-12-24-13-15)17-8-6-16(7-9-17)19-4-1-5-20-26-23(28-29(19)20)27-22(31)18-10-11-18/h1-9,12-13,18H,10-11,14H2,(H,25,30)(H,27,28,31). The summed E-state index contributed by atoms with van der Waals surface area (Å²) in [6, 6.07) is 16.7. The van der Waals surface area contributed by atoms with Gasteiger partial charge < -0.3 is 5.32 Å². The zero-order chi connectivity index (χ0) is 21.2. The zero-order valence-electron chi connectivity index (χ0n) is 16.7. The summed E-state index contributed by atoms with van der Waals surface area (Å²) in [5.74, 6) is 0.206. The van der Waals surface area contributed by atoms with Crippen LogP contribution in [-0.2, 0) is 11.3 Å². The molecule has 2 amide bonds. The van der Waals surface area contributed by atoms with Crippen LogP contribution in [0, 0.1) is 5.92 Å². The smallest absolute Gasteiger partial charge is 0.251 e. The number of hydrogen-bond donors (Lipinski definition) is 2. The summed E-state index contributed by atoms with van der Waals surface area (Å²) < 4.78 is 1.69. The maximum atomic E-state index is 12.4. The second kappa shape index (κ2) is 7.98. The Labute approximate surface area is 178 Å². The normalized spacial score (nSPS) is 13.2. The zero-order valence-corrected chi connectivity index (χ0v) is 16.7. The number of pyridine rings is 2. The van der Waals surface area contributed by atoms with Gasteiger partial charge in [0.15, 0.2) is 5.65 Å². The van der Waals surface area contributed by atoms with Crippen LogP contribution in [0.15, 0.2) is 67.0 Å². The Morgan fingerprint density at radius 1 is 1.03 bits per heavy atom. The average Bonchev–Trinajstić information content (AvgIpc) is 3.58. The van der Waals surface area contributed by atoms with Gasteiger partial charge in [-0.1, -0.05) is 24.3 Å². The van der Waals surface area contributed by atoms with E-state index in [-0.39, 0.29) is 17.7 Å². The molecule has 4 aromatic rings. The van der Waals surface area contributed by atoms with Gasteiger partial charge in [-0.2, -0.15) is 4.98 Å². The maximum Gasteiger partial charge on any atom is 0.251 e. The van der Waals surface area contributed by atoms with E-state index in [2.05, 4.69) is 25.7 Å². The van der Waals surface area contributed by atoms with E-state index in [0.717, 1.165) is 29.7 Å². The Balaban J connectivity index is 1.33. The molecule has 31 heavy (non-hydrogen) atoms. The average molecular weight is 412 g/mol. The van der Waals surface area contributed by atoms with Gasteiger partial charge in [0.05, 0.1) is 5.69 Å². The van der Waals surface area contributed by atoms with Crippen molar-refractivity contribution < 1.29 is 9.59 Å². The van der Waals surface area contributed by atoms with Crippen molar-refractivity contribution in [2.45, 2.75) is 19.4 Å². The van der Waals surface area contributed by atoms with E-state index in [1.165, 1.54) is 0 Å². The molecule has 1 aliphatic rings. The highest BCUT2D eigenvalue weighted by atomic mass is 16.2. The lowest BCUT2D eigenvalue weighted by atomic mass is 10.1. The Morgan fingerprint density at radius 2 is 1.87 bits per heavy atom. The van der Waals surface area contributed by atoms with Crippen molar-refractivity contribution >= 4 is 23.4 Å². The summed E-state index contributed by atoms with van der Waals surface area (Å²) in [7, 11) is 0. The van der Waals surface area contributed by atoms with Crippen LogP contribution in [0.4, 0.5) is 5.95 Å². The number of carbonyl (C=O) groups is 2. The fraction of sp³-hybridized carbons (Fsp3) is 0.174. The predicted octanol–water partition coefficient (Wildman–Crippen LogP) is 3.07. The van der Waals surface area contributed by atoms with E-state index in [9.17, 15) is 9.59 Å². The van der Waals surface area contributed by atoms with Crippen LogP contribution in [0.5, 0.6) is 0 Å². The van der Waals surface area contributed by atoms with Gasteiger partial charge >= 0.3 is 0 Å². The minimum Gasteiger partial charge on any atom is -0.348 e. The third-order valence-electron chi connectivity index (χ3n) is 5.16. The lowest BCUT2D eigenvalue weighted by Crippen LogP contribution is -2.22. The number of anilines is 1. The van der Waals surface area contributed by atoms with E-state index in [0.29, 0.717) is 23.7 Å². The van der Waals surface area contributed by atoms with Gasteiger partial charge in [-0.05, 0) is 48.7 Å². The molecule has 0 aliphatic heterocycles. The van der Waals surface area contributed by atoms with Crippen molar-refractivity contribution in [1.82, 2.24) is 24.9 Å². The fourth-order valence-corrected chi connectivity index (χ4v) is 3.31. The van der Waals surface area contributed by atoms with Gasteiger partial charge in [0.1, 0.15) is 0 Å². The Kier molecular flexibility index (Phi) is 4.87. The van der Waals surface area contributed by atoms with Gasteiger partial charge in [0.2, 0.25) is 11.9 Å². The van der Waals surface area contributed by atoms with E-state index >= 15 is 0 Å². The third kappa shape index (κ3) is 4.13. The number of amides is 2. The van der Waals surface area contributed by atoms with Gasteiger partial charge in [-0.3, -0.25) is 19.9 Å². The van der Waals surface area contributed by atoms with Crippen LogP contribution in [-0.4, -0.2) is 31.4 Å². The first-order chi connectivity index (χ1) is 15.2. The molecule has 0 unspecified atom stereocenters. The highest BCUT2D eigenvalue weighted by Crippen LogP contribution is 2.30. The molecule has 8 heteroatoms. The number of hydrogen-bond acceptors (Lipinski definition) is 5. The van der Waals surface area contributed by atoms with Crippen LogP contribution in [0.1, 0.15) is 28.8 Å². The van der Waals surface area contributed by atoms with Crippen molar-refractivity contribution in [3.63, 3.8) is 0 Å². The Morgan fingerprint density at radius 3 is 2.61 bits per heavy atom. The Hall–Kier alpha value is -4.07. The minimum absolute atomic E-state index is 0.0286. The van der Waals surface area contributed by atoms with E-state index in [1.807, 2.05) is 42.5 Å². The molecule has 154 valence electrons.